The highest BCUT2D eigenvalue weighted by molar-refractivity contribution is 7.90. The van der Waals surface area contributed by atoms with Gasteiger partial charge in [0, 0.05) is 29.5 Å². The first kappa shape index (κ1) is 22.0. The molecule has 7 heteroatoms. The molecule has 2 aromatic carbocycles. The Morgan fingerprint density at radius 3 is 2.43 bits per heavy atom. The molecule has 0 amide bonds. The van der Waals surface area contributed by atoms with Gasteiger partial charge in [0.2, 0.25) is 0 Å². The van der Waals surface area contributed by atoms with E-state index < -0.39 is 16.1 Å². The normalized spacial score (nSPS) is 13.8. The molecule has 0 radical (unpaired) electrons. The summed E-state index contributed by atoms with van der Waals surface area (Å²) >= 11 is -1.26. The van der Waals surface area contributed by atoms with Crippen molar-refractivity contribution < 1.29 is 4.55 Å². The molecule has 1 heterocycles. The van der Waals surface area contributed by atoms with Gasteiger partial charge in [-0.3, -0.25) is 9.36 Å². The van der Waals surface area contributed by atoms with Crippen molar-refractivity contribution in [3.05, 3.63) is 63.4 Å². The van der Waals surface area contributed by atoms with E-state index in [4.69, 9.17) is 10.2 Å². The second-order valence-corrected chi connectivity index (χ2v) is 10.5. The highest BCUT2D eigenvalue weighted by Crippen LogP contribution is 2.27. The molecule has 3 aromatic rings. The molecule has 0 aliphatic carbocycles. The van der Waals surface area contributed by atoms with E-state index in [1.54, 1.807) is 31.3 Å². The lowest BCUT2D eigenvalue weighted by molar-refractivity contribution is 0.531. The molecular formula is C23H26N4O2S. The fourth-order valence-corrected chi connectivity index (χ4v) is 4.04. The van der Waals surface area contributed by atoms with Crippen LogP contribution in [0.25, 0.3) is 22.3 Å². The van der Waals surface area contributed by atoms with Crippen LogP contribution >= 0.6 is 0 Å². The Hall–Kier alpha value is -2.66. The molecule has 0 saturated heterocycles. The summed E-state index contributed by atoms with van der Waals surface area (Å²) in [5.74, 6) is 0.520. The number of aryl methyl sites for hydroxylation is 1. The number of benzene rings is 2. The second kappa shape index (κ2) is 8.23. The molecular weight excluding hydrogens is 396 g/mol. The molecule has 0 fully saturated rings. The fourth-order valence-electron chi connectivity index (χ4n) is 3.24. The highest BCUT2D eigenvalue weighted by Gasteiger charge is 2.29. The second-order valence-electron chi connectivity index (χ2n) is 8.46. The Bertz CT molecular complexity index is 1190. The van der Waals surface area contributed by atoms with Crippen molar-refractivity contribution in [2.24, 2.45) is 7.05 Å². The fraction of sp³-hybridized carbons (Fsp3) is 0.348. The average Bonchev–Trinajstić information content (AvgIpc) is 2.69. The van der Waals surface area contributed by atoms with E-state index in [2.05, 4.69) is 10.8 Å². The Balaban J connectivity index is 2.20. The predicted octanol–water partition coefficient (Wildman–Crippen LogP) is 3.89. The summed E-state index contributed by atoms with van der Waals surface area (Å²) in [7, 11) is 1.70. The minimum Gasteiger partial charge on any atom is -0.598 e. The van der Waals surface area contributed by atoms with Crippen LogP contribution in [0.15, 0.2) is 41.2 Å². The highest BCUT2D eigenvalue weighted by atomic mass is 32.2. The Morgan fingerprint density at radius 2 is 1.87 bits per heavy atom. The summed E-state index contributed by atoms with van der Waals surface area (Å²) in [6.45, 7) is 9.60. The van der Waals surface area contributed by atoms with Gasteiger partial charge in [-0.05, 0) is 70.5 Å². The van der Waals surface area contributed by atoms with Gasteiger partial charge >= 0.3 is 0 Å². The lowest BCUT2D eigenvalue weighted by Crippen LogP contribution is -2.40. The van der Waals surface area contributed by atoms with Gasteiger partial charge in [-0.1, -0.05) is 6.07 Å². The van der Waals surface area contributed by atoms with E-state index in [-0.39, 0.29) is 11.6 Å². The number of rotatable bonds is 4. The Labute approximate surface area is 179 Å². The van der Waals surface area contributed by atoms with Crippen molar-refractivity contribution in [1.82, 2.24) is 14.3 Å². The molecule has 1 unspecified atom stereocenters. The maximum Gasteiger partial charge on any atom is 0.261 e. The third kappa shape index (κ3) is 4.26. The minimum absolute atomic E-state index is 0.145. The third-order valence-electron chi connectivity index (χ3n) is 4.93. The maximum absolute atomic E-state index is 13.1. The van der Waals surface area contributed by atoms with Crippen LogP contribution in [-0.4, -0.2) is 18.9 Å². The van der Waals surface area contributed by atoms with Gasteiger partial charge < -0.3 is 4.55 Å². The molecule has 156 valence electrons. The first-order valence-electron chi connectivity index (χ1n) is 9.73. The first-order valence-corrected chi connectivity index (χ1v) is 10.9. The quantitative estimate of drug-likeness (QED) is 0.644. The van der Waals surface area contributed by atoms with Crippen molar-refractivity contribution >= 4 is 22.3 Å². The van der Waals surface area contributed by atoms with Crippen molar-refractivity contribution in [3.8, 4) is 17.5 Å². The van der Waals surface area contributed by atoms with Gasteiger partial charge in [0.05, 0.1) is 28.6 Å². The van der Waals surface area contributed by atoms with E-state index in [1.807, 2.05) is 46.8 Å². The number of fused-ring (bicyclic) bond motifs is 1. The number of aromatic nitrogens is 2. The molecule has 0 aliphatic rings. The molecule has 30 heavy (non-hydrogen) atoms. The number of hydrogen-bond acceptors (Lipinski definition) is 5. The van der Waals surface area contributed by atoms with Crippen molar-refractivity contribution in [2.75, 3.05) is 0 Å². The predicted molar refractivity (Wildman–Crippen MR) is 121 cm³/mol. The summed E-state index contributed by atoms with van der Waals surface area (Å²) in [6, 6.07) is 12.6. The zero-order valence-electron chi connectivity index (χ0n) is 18.1. The molecule has 0 bridgehead atoms. The van der Waals surface area contributed by atoms with Crippen molar-refractivity contribution in [1.29, 1.82) is 5.26 Å². The minimum atomic E-state index is -1.26. The molecule has 3 rings (SSSR count). The average molecular weight is 423 g/mol. The Kier molecular flexibility index (Phi) is 6.04. The zero-order valence-corrected chi connectivity index (χ0v) is 18.9. The van der Waals surface area contributed by atoms with E-state index in [0.717, 1.165) is 16.7 Å². The number of nitriles is 1. The number of nitrogens with zero attached hydrogens (tertiary/aromatic N) is 3. The first-order chi connectivity index (χ1) is 14.0. The molecule has 0 saturated carbocycles. The van der Waals surface area contributed by atoms with Crippen LogP contribution < -0.4 is 10.3 Å². The summed E-state index contributed by atoms with van der Waals surface area (Å²) < 4.78 is 16.9. The van der Waals surface area contributed by atoms with Crippen molar-refractivity contribution in [3.63, 3.8) is 0 Å². The molecule has 1 aromatic heterocycles. The molecule has 2 atom stereocenters. The molecule has 0 aliphatic heterocycles. The number of nitrogens with one attached hydrogen (secondary N) is 1. The third-order valence-corrected chi connectivity index (χ3v) is 6.61. The zero-order chi connectivity index (χ0) is 22.2. The standard InChI is InChI=1S/C23H26N4O2S/c1-14-11-18(15(2)26-30(29)23(3,4)5)20-19(12-14)22(28)27(6)21(25-20)17-9-7-16(13-24)8-10-17/h7-12,15,26H,1-6H3/t15-,30?/m1/s1. The maximum atomic E-state index is 13.1. The molecule has 1 N–H and O–H groups in total. The Morgan fingerprint density at radius 1 is 1.23 bits per heavy atom. The lowest BCUT2D eigenvalue weighted by Gasteiger charge is -2.27. The van der Waals surface area contributed by atoms with Crippen LogP contribution in [0.2, 0.25) is 0 Å². The van der Waals surface area contributed by atoms with Gasteiger partial charge in [-0.25, -0.2) is 4.98 Å². The van der Waals surface area contributed by atoms with E-state index in [0.29, 0.717) is 22.3 Å². The molecule has 6 nitrogen and oxygen atoms in total. The lowest BCUT2D eigenvalue weighted by atomic mass is 10.0. The van der Waals surface area contributed by atoms with Gasteiger partial charge in [-0.15, -0.1) is 4.72 Å². The van der Waals surface area contributed by atoms with E-state index >= 15 is 0 Å². The largest absolute Gasteiger partial charge is 0.598 e. The van der Waals surface area contributed by atoms with Crippen molar-refractivity contribution in [2.45, 2.75) is 45.4 Å². The summed E-state index contributed by atoms with van der Waals surface area (Å²) in [5, 5.41) is 9.57. The van der Waals surface area contributed by atoms with Crippen LogP contribution in [-0.2, 0) is 18.4 Å². The summed E-state index contributed by atoms with van der Waals surface area (Å²) in [4.78, 5) is 18.0. The van der Waals surface area contributed by atoms with Gasteiger partial charge in [-0.2, -0.15) is 5.26 Å². The van der Waals surface area contributed by atoms with Gasteiger partial charge in [0.25, 0.3) is 5.56 Å². The topological polar surface area (TPSA) is 93.8 Å². The number of hydrogen-bond donors (Lipinski definition) is 1. The summed E-state index contributed by atoms with van der Waals surface area (Å²) in [5.41, 5.74) is 3.51. The SMILES string of the molecule is Cc1cc([C@@H](C)N[S+]([O-])C(C)(C)C)c2nc(-c3ccc(C#N)cc3)n(C)c(=O)c2c1. The van der Waals surface area contributed by atoms with Crippen LogP contribution in [0.3, 0.4) is 0 Å². The smallest absolute Gasteiger partial charge is 0.261 e. The van der Waals surface area contributed by atoms with Crippen LogP contribution in [0.1, 0.15) is 50.4 Å². The van der Waals surface area contributed by atoms with Crippen LogP contribution in [0.5, 0.6) is 0 Å². The van der Waals surface area contributed by atoms with Gasteiger partial charge in [0.1, 0.15) is 10.6 Å². The molecule has 0 spiro atoms. The van der Waals surface area contributed by atoms with E-state index in [9.17, 15) is 9.35 Å². The van der Waals surface area contributed by atoms with Crippen LogP contribution in [0.4, 0.5) is 0 Å². The van der Waals surface area contributed by atoms with Crippen LogP contribution in [0, 0.1) is 18.3 Å². The van der Waals surface area contributed by atoms with E-state index in [1.165, 1.54) is 4.57 Å². The van der Waals surface area contributed by atoms with Gasteiger partial charge in [0.15, 0.2) is 0 Å². The monoisotopic (exact) mass is 422 g/mol. The summed E-state index contributed by atoms with van der Waals surface area (Å²) in [6.07, 6.45) is 0.